The van der Waals surface area contributed by atoms with Crippen molar-refractivity contribution < 1.29 is 14.3 Å². The molecule has 2 aromatic rings. The predicted molar refractivity (Wildman–Crippen MR) is 65.2 cm³/mol. The molecule has 0 amide bonds. The van der Waals surface area contributed by atoms with Crippen LogP contribution in [0.3, 0.4) is 0 Å². The summed E-state index contributed by atoms with van der Waals surface area (Å²) in [6.07, 6.45) is 3.23. The SMILES string of the molecule is O=C(O)CC=Cc1ccc(F)c2ccccc12. The monoisotopic (exact) mass is 230 g/mol. The lowest BCUT2D eigenvalue weighted by atomic mass is 10.0. The van der Waals surface area contributed by atoms with Gasteiger partial charge in [0.2, 0.25) is 0 Å². The van der Waals surface area contributed by atoms with Crippen molar-refractivity contribution in [2.75, 3.05) is 0 Å². The Morgan fingerprint density at radius 2 is 1.88 bits per heavy atom. The Bertz CT molecular complexity index is 588. The molecule has 2 aromatic carbocycles. The summed E-state index contributed by atoms with van der Waals surface area (Å²) in [6, 6.07) is 10.2. The second-order valence-electron chi connectivity index (χ2n) is 3.68. The average molecular weight is 230 g/mol. The van der Waals surface area contributed by atoms with Gasteiger partial charge in [0, 0.05) is 5.39 Å². The molecule has 0 unspecified atom stereocenters. The number of carbonyl (C=O) groups is 1. The highest BCUT2D eigenvalue weighted by atomic mass is 19.1. The number of hydrogen-bond donors (Lipinski definition) is 1. The Morgan fingerprint density at radius 1 is 1.18 bits per heavy atom. The van der Waals surface area contributed by atoms with Gasteiger partial charge in [-0.3, -0.25) is 4.79 Å². The first-order chi connectivity index (χ1) is 8.18. The number of rotatable bonds is 3. The third kappa shape index (κ3) is 2.50. The van der Waals surface area contributed by atoms with E-state index >= 15 is 0 Å². The van der Waals surface area contributed by atoms with E-state index in [2.05, 4.69) is 0 Å². The molecule has 0 fully saturated rings. The molecule has 1 N–H and O–H groups in total. The molecule has 0 saturated carbocycles. The first-order valence-corrected chi connectivity index (χ1v) is 5.24. The van der Waals surface area contributed by atoms with Crippen LogP contribution in [0.1, 0.15) is 12.0 Å². The van der Waals surface area contributed by atoms with Crippen molar-refractivity contribution >= 4 is 22.8 Å². The number of hydrogen-bond acceptors (Lipinski definition) is 1. The zero-order chi connectivity index (χ0) is 12.3. The Balaban J connectivity index is 2.45. The van der Waals surface area contributed by atoms with Crippen LogP contribution in [0.25, 0.3) is 16.8 Å². The summed E-state index contributed by atoms with van der Waals surface area (Å²) in [4.78, 5) is 10.4. The van der Waals surface area contributed by atoms with Gasteiger partial charge in [-0.2, -0.15) is 0 Å². The average Bonchev–Trinajstić information content (AvgIpc) is 2.32. The van der Waals surface area contributed by atoms with Crippen molar-refractivity contribution in [1.82, 2.24) is 0 Å². The molecule has 86 valence electrons. The summed E-state index contributed by atoms with van der Waals surface area (Å²) in [5.41, 5.74) is 0.822. The molecule has 0 saturated heterocycles. The van der Waals surface area contributed by atoms with E-state index in [1.54, 1.807) is 30.4 Å². The largest absolute Gasteiger partial charge is 0.481 e. The third-order valence-corrected chi connectivity index (χ3v) is 2.49. The highest BCUT2D eigenvalue weighted by Gasteiger charge is 2.02. The number of carboxylic acids is 1. The van der Waals surface area contributed by atoms with Crippen LogP contribution in [0.15, 0.2) is 42.5 Å². The normalized spacial score (nSPS) is 11.1. The molecule has 0 aliphatic carbocycles. The molecule has 0 spiro atoms. The highest BCUT2D eigenvalue weighted by Crippen LogP contribution is 2.22. The van der Waals surface area contributed by atoms with Gasteiger partial charge in [-0.25, -0.2) is 4.39 Å². The summed E-state index contributed by atoms with van der Waals surface area (Å²) >= 11 is 0. The molecule has 0 aliphatic heterocycles. The topological polar surface area (TPSA) is 37.3 Å². The minimum absolute atomic E-state index is 0.0360. The van der Waals surface area contributed by atoms with Crippen molar-refractivity contribution in [3.63, 3.8) is 0 Å². The van der Waals surface area contributed by atoms with Crippen molar-refractivity contribution in [2.24, 2.45) is 0 Å². The maximum atomic E-state index is 13.5. The molecule has 0 atom stereocenters. The van der Waals surface area contributed by atoms with Gasteiger partial charge in [-0.1, -0.05) is 42.5 Å². The summed E-state index contributed by atoms with van der Waals surface area (Å²) in [5, 5.41) is 9.87. The van der Waals surface area contributed by atoms with Crippen LogP contribution >= 0.6 is 0 Å². The minimum atomic E-state index is -0.882. The van der Waals surface area contributed by atoms with E-state index < -0.39 is 5.97 Å². The Labute approximate surface area is 98.0 Å². The summed E-state index contributed by atoms with van der Waals surface area (Å²) in [6.45, 7) is 0. The molecular formula is C14H11FO2. The predicted octanol–water partition coefficient (Wildman–Crippen LogP) is 3.47. The summed E-state index contributed by atoms with van der Waals surface area (Å²) in [7, 11) is 0. The second-order valence-corrected chi connectivity index (χ2v) is 3.68. The lowest BCUT2D eigenvalue weighted by molar-refractivity contribution is -0.135. The molecule has 0 aliphatic rings. The highest BCUT2D eigenvalue weighted by molar-refractivity contribution is 5.91. The van der Waals surface area contributed by atoms with Crippen LogP contribution < -0.4 is 0 Å². The summed E-state index contributed by atoms with van der Waals surface area (Å²) < 4.78 is 13.5. The van der Waals surface area contributed by atoms with Crippen molar-refractivity contribution in [3.8, 4) is 0 Å². The maximum Gasteiger partial charge on any atom is 0.307 e. The standard InChI is InChI=1S/C14H11FO2/c15-13-9-8-10(4-3-7-14(16)17)11-5-1-2-6-12(11)13/h1-6,8-9H,7H2,(H,16,17). The van der Waals surface area contributed by atoms with Gasteiger partial charge in [0.05, 0.1) is 6.42 Å². The molecule has 17 heavy (non-hydrogen) atoms. The van der Waals surface area contributed by atoms with Crippen molar-refractivity contribution in [1.29, 1.82) is 0 Å². The minimum Gasteiger partial charge on any atom is -0.481 e. The number of fused-ring (bicyclic) bond motifs is 1. The van der Waals surface area contributed by atoms with Gasteiger partial charge in [0.1, 0.15) is 5.82 Å². The molecule has 0 aromatic heterocycles. The molecule has 0 heterocycles. The lowest BCUT2D eigenvalue weighted by Crippen LogP contribution is -1.90. The van der Waals surface area contributed by atoms with E-state index in [1.807, 2.05) is 12.1 Å². The van der Waals surface area contributed by atoms with Crippen LogP contribution in [0.2, 0.25) is 0 Å². The Hall–Kier alpha value is -2.16. The molecule has 3 heteroatoms. The van der Waals surface area contributed by atoms with Crippen LogP contribution in [-0.2, 0) is 4.79 Å². The van der Waals surface area contributed by atoms with Crippen LogP contribution in [0, 0.1) is 5.82 Å². The van der Waals surface area contributed by atoms with Gasteiger partial charge in [-0.05, 0) is 17.0 Å². The van der Waals surface area contributed by atoms with Crippen LogP contribution in [0.5, 0.6) is 0 Å². The number of carboxylic acid groups (broad SMARTS) is 1. The van der Waals surface area contributed by atoms with Gasteiger partial charge < -0.3 is 5.11 Å². The summed E-state index contributed by atoms with van der Waals surface area (Å²) in [5.74, 6) is -1.15. The van der Waals surface area contributed by atoms with Gasteiger partial charge >= 0.3 is 5.97 Å². The first-order valence-electron chi connectivity index (χ1n) is 5.24. The Morgan fingerprint density at radius 3 is 2.59 bits per heavy atom. The van der Waals surface area contributed by atoms with E-state index in [0.717, 1.165) is 10.9 Å². The van der Waals surface area contributed by atoms with E-state index in [0.29, 0.717) is 5.39 Å². The van der Waals surface area contributed by atoms with Crippen molar-refractivity contribution in [2.45, 2.75) is 6.42 Å². The number of aliphatic carboxylic acids is 1. The lowest BCUT2D eigenvalue weighted by Gasteiger charge is -2.03. The van der Waals surface area contributed by atoms with Crippen LogP contribution in [0.4, 0.5) is 4.39 Å². The Kier molecular flexibility index (Phi) is 3.19. The fourth-order valence-corrected chi connectivity index (χ4v) is 1.72. The van der Waals surface area contributed by atoms with Gasteiger partial charge in [-0.15, -0.1) is 0 Å². The molecule has 0 bridgehead atoms. The van der Waals surface area contributed by atoms with E-state index in [4.69, 9.17) is 5.11 Å². The van der Waals surface area contributed by atoms with E-state index in [-0.39, 0.29) is 12.2 Å². The third-order valence-electron chi connectivity index (χ3n) is 2.49. The first kappa shape index (κ1) is 11.3. The molecule has 0 radical (unpaired) electrons. The molecule has 2 nitrogen and oxygen atoms in total. The molecule has 2 rings (SSSR count). The van der Waals surface area contributed by atoms with E-state index in [9.17, 15) is 9.18 Å². The number of halogens is 1. The zero-order valence-electron chi connectivity index (χ0n) is 9.06. The zero-order valence-corrected chi connectivity index (χ0v) is 9.06. The fourth-order valence-electron chi connectivity index (χ4n) is 1.72. The van der Waals surface area contributed by atoms with Gasteiger partial charge in [0.25, 0.3) is 0 Å². The number of benzene rings is 2. The van der Waals surface area contributed by atoms with Crippen molar-refractivity contribution in [3.05, 3.63) is 53.9 Å². The molecular weight excluding hydrogens is 219 g/mol. The van der Waals surface area contributed by atoms with Gasteiger partial charge in [0.15, 0.2) is 0 Å². The smallest absolute Gasteiger partial charge is 0.307 e. The second kappa shape index (κ2) is 4.78. The quantitative estimate of drug-likeness (QED) is 0.876. The fraction of sp³-hybridized carbons (Fsp3) is 0.0714. The van der Waals surface area contributed by atoms with Crippen LogP contribution in [-0.4, -0.2) is 11.1 Å². The maximum absolute atomic E-state index is 13.5. The van der Waals surface area contributed by atoms with E-state index in [1.165, 1.54) is 6.07 Å².